The minimum absolute atomic E-state index is 0.0387. The lowest BCUT2D eigenvalue weighted by Crippen LogP contribution is -2.25. The van der Waals surface area contributed by atoms with Crippen LogP contribution in [0.3, 0.4) is 0 Å². The van der Waals surface area contributed by atoms with Crippen molar-refractivity contribution >= 4 is 29.2 Å². The van der Waals surface area contributed by atoms with E-state index in [-0.39, 0.29) is 12.7 Å². The highest BCUT2D eigenvalue weighted by atomic mass is 35.5. The van der Waals surface area contributed by atoms with Gasteiger partial charge in [0, 0.05) is 15.6 Å². The number of rotatable bonds is 6. The molecule has 0 saturated heterocycles. The number of hydrogen-bond acceptors (Lipinski definition) is 3. The highest BCUT2D eigenvalue weighted by Gasteiger charge is 2.20. The topological polar surface area (TPSA) is 55.8 Å². The van der Waals surface area contributed by atoms with Gasteiger partial charge in [-0.15, -0.1) is 0 Å². The van der Waals surface area contributed by atoms with Gasteiger partial charge in [-0.25, -0.2) is 4.79 Å². The van der Waals surface area contributed by atoms with E-state index < -0.39 is 5.97 Å². The van der Waals surface area contributed by atoms with Gasteiger partial charge >= 0.3 is 5.97 Å². The first-order valence-corrected chi connectivity index (χ1v) is 8.79. The number of carboxylic acid groups (broad SMARTS) is 1. The van der Waals surface area contributed by atoms with Crippen LogP contribution in [0.2, 0.25) is 10.0 Å². The molecule has 1 aliphatic rings. The Kier molecular flexibility index (Phi) is 5.84. The van der Waals surface area contributed by atoms with Crippen LogP contribution in [0.15, 0.2) is 36.4 Å². The van der Waals surface area contributed by atoms with Gasteiger partial charge in [-0.05, 0) is 54.7 Å². The van der Waals surface area contributed by atoms with Crippen molar-refractivity contribution in [1.82, 2.24) is 0 Å². The predicted octanol–water partition coefficient (Wildman–Crippen LogP) is 4.53. The maximum atomic E-state index is 10.6. The van der Waals surface area contributed by atoms with Crippen molar-refractivity contribution in [3.8, 4) is 5.75 Å². The van der Waals surface area contributed by atoms with Crippen LogP contribution in [0.5, 0.6) is 5.75 Å². The number of hydrogen-bond donors (Lipinski definition) is 1. The molecule has 0 bridgehead atoms. The molecule has 1 unspecified atom stereocenters. The van der Waals surface area contributed by atoms with Gasteiger partial charge in [-0.1, -0.05) is 35.3 Å². The zero-order chi connectivity index (χ0) is 17.8. The lowest BCUT2D eigenvalue weighted by Gasteiger charge is -2.24. The largest absolute Gasteiger partial charge is 0.489 e. The third-order valence-corrected chi connectivity index (χ3v) is 4.80. The second kappa shape index (κ2) is 8.09. The van der Waals surface area contributed by atoms with Crippen molar-refractivity contribution in [2.24, 2.45) is 0 Å². The molecule has 132 valence electrons. The number of carbonyl (C=O) groups is 1. The van der Waals surface area contributed by atoms with E-state index in [9.17, 15) is 4.79 Å². The summed E-state index contributed by atoms with van der Waals surface area (Å²) in [6.45, 7) is 0.127. The molecule has 2 aromatic rings. The molecule has 0 amide bonds. The van der Waals surface area contributed by atoms with Crippen molar-refractivity contribution < 1.29 is 19.4 Å². The minimum Gasteiger partial charge on any atom is -0.489 e. The summed E-state index contributed by atoms with van der Waals surface area (Å²) in [7, 11) is 0. The fourth-order valence-electron chi connectivity index (χ4n) is 2.92. The summed E-state index contributed by atoms with van der Waals surface area (Å²) in [5.74, 6) is -0.148. The molecule has 25 heavy (non-hydrogen) atoms. The molecule has 1 aliphatic carbocycles. The normalized spacial score (nSPS) is 16.3. The first-order valence-electron chi connectivity index (χ1n) is 8.03. The first kappa shape index (κ1) is 18.1. The van der Waals surface area contributed by atoms with Crippen LogP contribution in [0.4, 0.5) is 0 Å². The van der Waals surface area contributed by atoms with E-state index in [0.717, 1.165) is 30.6 Å². The molecule has 6 heteroatoms. The van der Waals surface area contributed by atoms with E-state index in [4.69, 9.17) is 37.8 Å². The number of carboxylic acids is 1. The van der Waals surface area contributed by atoms with Gasteiger partial charge in [0.2, 0.25) is 0 Å². The summed E-state index contributed by atoms with van der Waals surface area (Å²) in [5.41, 5.74) is 3.28. The molecule has 1 N–H and O–H groups in total. The van der Waals surface area contributed by atoms with Gasteiger partial charge in [0.05, 0.1) is 6.10 Å². The molecular formula is C19H18Cl2O4. The second-order valence-corrected chi connectivity index (χ2v) is 6.87. The number of aryl methyl sites for hydroxylation is 1. The van der Waals surface area contributed by atoms with E-state index in [2.05, 4.69) is 0 Å². The monoisotopic (exact) mass is 380 g/mol. The summed E-state index contributed by atoms with van der Waals surface area (Å²) in [6.07, 6.45) is 2.35. The Morgan fingerprint density at radius 3 is 2.76 bits per heavy atom. The van der Waals surface area contributed by atoms with Crippen LogP contribution in [0, 0.1) is 0 Å². The van der Waals surface area contributed by atoms with Crippen LogP contribution in [0.1, 0.15) is 23.1 Å². The zero-order valence-electron chi connectivity index (χ0n) is 13.5. The summed E-state index contributed by atoms with van der Waals surface area (Å²) in [6, 6.07) is 11.3. The molecule has 0 saturated carbocycles. The Morgan fingerprint density at radius 1 is 1.16 bits per heavy atom. The summed E-state index contributed by atoms with van der Waals surface area (Å²) in [4.78, 5) is 10.6. The lowest BCUT2D eigenvalue weighted by atomic mass is 9.89. The zero-order valence-corrected chi connectivity index (χ0v) is 15.0. The van der Waals surface area contributed by atoms with Gasteiger partial charge < -0.3 is 14.6 Å². The average molecular weight is 381 g/mol. The van der Waals surface area contributed by atoms with Gasteiger partial charge in [0.25, 0.3) is 0 Å². The molecule has 3 rings (SSSR count). The van der Waals surface area contributed by atoms with Crippen molar-refractivity contribution in [2.75, 3.05) is 6.61 Å². The van der Waals surface area contributed by atoms with Crippen molar-refractivity contribution in [3.05, 3.63) is 63.1 Å². The van der Waals surface area contributed by atoms with E-state index in [1.807, 2.05) is 24.3 Å². The number of aliphatic carboxylic acids is 1. The molecule has 0 radical (unpaired) electrons. The number of halogens is 2. The fraction of sp³-hybridized carbons (Fsp3) is 0.316. The smallest absolute Gasteiger partial charge is 0.329 e. The maximum Gasteiger partial charge on any atom is 0.329 e. The van der Waals surface area contributed by atoms with E-state index in [1.165, 1.54) is 11.1 Å². The quantitative estimate of drug-likeness (QED) is 0.799. The van der Waals surface area contributed by atoms with E-state index in [1.54, 1.807) is 12.1 Å². The van der Waals surface area contributed by atoms with Crippen LogP contribution < -0.4 is 4.74 Å². The van der Waals surface area contributed by atoms with Gasteiger partial charge in [-0.2, -0.15) is 0 Å². The molecule has 0 aliphatic heterocycles. The number of benzene rings is 2. The van der Waals surface area contributed by atoms with Crippen molar-refractivity contribution in [1.29, 1.82) is 0 Å². The SMILES string of the molecule is O=C(O)COC1CCc2cc(OCc3ccc(Cl)cc3Cl)ccc2C1. The van der Waals surface area contributed by atoms with E-state index >= 15 is 0 Å². The van der Waals surface area contributed by atoms with Gasteiger partial charge in [0.15, 0.2) is 0 Å². The predicted molar refractivity (Wildman–Crippen MR) is 96.6 cm³/mol. The fourth-order valence-corrected chi connectivity index (χ4v) is 3.38. The van der Waals surface area contributed by atoms with Crippen LogP contribution in [-0.2, 0) is 29.0 Å². The lowest BCUT2D eigenvalue weighted by molar-refractivity contribution is -0.144. The number of fused-ring (bicyclic) bond motifs is 1. The molecule has 0 fully saturated rings. The molecule has 0 spiro atoms. The molecule has 2 aromatic carbocycles. The van der Waals surface area contributed by atoms with Crippen LogP contribution in [0.25, 0.3) is 0 Å². The first-order chi connectivity index (χ1) is 12.0. The van der Waals surface area contributed by atoms with Crippen LogP contribution in [-0.4, -0.2) is 23.8 Å². The Hall–Kier alpha value is -1.75. The maximum absolute atomic E-state index is 10.6. The summed E-state index contributed by atoms with van der Waals surface area (Å²) >= 11 is 12.1. The molecule has 1 atom stereocenters. The van der Waals surface area contributed by atoms with E-state index in [0.29, 0.717) is 16.7 Å². The summed E-state index contributed by atoms with van der Waals surface area (Å²) < 4.78 is 11.3. The molecule has 0 heterocycles. The molecule has 0 aromatic heterocycles. The molecule has 4 nitrogen and oxygen atoms in total. The Labute approximate surface area is 156 Å². The highest BCUT2D eigenvalue weighted by molar-refractivity contribution is 6.35. The Balaban J connectivity index is 1.61. The van der Waals surface area contributed by atoms with Gasteiger partial charge in [-0.3, -0.25) is 0 Å². The van der Waals surface area contributed by atoms with Crippen molar-refractivity contribution in [3.63, 3.8) is 0 Å². The Morgan fingerprint density at radius 2 is 2.00 bits per heavy atom. The average Bonchev–Trinajstić information content (AvgIpc) is 2.59. The third-order valence-electron chi connectivity index (χ3n) is 4.21. The van der Waals surface area contributed by atoms with Gasteiger partial charge in [0.1, 0.15) is 19.0 Å². The highest BCUT2D eigenvalue weighted by Crippen LogP contribution is 2.28. The minimum atomic E-state index is -0.935. The molecular weight excluding hydrogens is 363 g/mol. The second-order valence-electron chi connectivity index (χ2n) is 6.02. The van der Waals surface area contributed by atoms with Crippen molar-refractivity contribution in [2.45, 2.75) is 32.0 Å². The van der Waals surface area contributed by atoms with Crippen LogP contribution >= 0.6 is 23.2 Å². The Bertz CT molecular complexity index is 776. The third kappa shape index (κ3) is 4.88. The standard InChI is InChI=1S/C19H18Cl2O4/c20-15-4-1-14(18(21)9-15)10-24-16-5-2-13-8-17(25-11-19(22)23)6-3-12(13)7-16/h1-2,4-5,7,9,17H,3,6,8,10-11H2,(H,22,23). The number of ether oxygens (including phenoxy) is 2. The summed E-state index contributed by atoms with van der Waals surface area (Å²) in [5, 5.41) is 9.89.